The Morgan fingerprint density at radius 2 is 0.913 bits per heavy atom. The fourth-order valence-electron chi connectivity index (χ4n) is 9.03. The van der Waals surface area contributed by atoms with Crippen LogP contribution in [0.3, 0.4) is 0 Å². The van der Waals surface area contributed by atoms with Gasteiger partial charge in [0.05, 0.1) is 40.9 Å². The maximum absolute atomic E-state index is 14.6. The molecule has 17 heteroatoms. The zero-order valence-corrected chi connectivity index (χ0v) is 38.2. The van der Waals surface area contributed by atoms with E-state index < -0.39 is 23.8 Å². The lowest BCUT2D eigenvalue weighted by molar-refractivity contribution is -0.110. The molecule has 69 heavy (non-hydrogen) atoms. The SMILES string of the molecule is N#CC(C#N)=C1C2=CCCC=C2C(=O)C1=Nc1cc2c(s1)c1sc3c4sc(N=C5C(=O)C6=CCCC=C6C5=C(C#N)C#N)cc4n(C(=O)OCc4ccccc4)c3c1n2C(=O)OCc1ccccc1. The van der Waals surface area contributed by atoms with Gasteiger partial charge in [-0.3, -0.25) is 9.59 Å². The highest BCUT2D eigenvalue weighted by Gasteiger charge is 2.40. The first-order valence-corrected chi connectivity index (χ1v) is 23.8. The van der Waals surface area contributed by atoms with Crippen LogP contribution in [0.2, 0.25) is 0 Å². The Morgan fingerprint density at radius 3 is 1.29 bits per heavy atom. The second-order valence-corrected chi connectivity index (χ2v) is 19.0. The first-order valence-electron chi connectivity index (χ1n) is 21.4. The summed E-state index contributed by atoms with van der Waals surface area (Å²) in [7, 11) is 0. The van der Waals surface area contributed by atoms with Crippen molar-refractivity contribution >= 4 is 120 Å². The number of rotatable bonds is 6. The molecule has 4 aliphatic carbocycles. The van der Waals surface area contributed by atoms with Crippen LogP contribution in [0, 0.1) is 45.3 Å². The molecule has 0 saturated heterocycles. The minimum Gasteiger partial charge on any atom is -0.444 e. The van der Waals surface area contributed by atoms with Gasteiger partial charge in [-0.2, -0.15) is 21.0 Å². The third-order valence-electron chi connectivity index (χ3n) is 12.0. The number of hydrogen-bond acceptors (Lipinski definition) is 15. The highest BCUT2D eigenvalue weighted by atomic mass is 32.1. The van der Waals surface area contributed by atoms with E-state index in [2.05, 4.69) is 0 Å². The number of nitrogens with zero attached hydrogens (tertiary/aromatic N) is 8. The lowest BCUT2D eigenvalue weighted by Gasteiger charge is -2.10. The highest BCUT2D eigenvalue weighted by molar-refractivity contribution is 7.35. The van der Waals surface area contributed by atoms with Gasteiger partial charge in [0.2, 0.25) is 11.6 Å². The smallest absolute Gasteiger partial charge is 0.419 e. The van der Waals surface area contributed by atoms with Crippen LogP contribution in [0.25, 0.3) is 40.9 Å². The second kappa shape index (κ2) is 17.1. The molecule has 0 N–H and O–H groups in total. The second-order valence-electron chi connectivity index (χ2n) is 16.0. The van der Waals surface area contributed by atoms with Crippen LogP contribution in [0.5, 0.6) is 0 Å². The van der Waals surface area contributed by atoms with E-state index in [4.69, 9.17) is 19.5 Å². The van der Waals surface area contributed by atoms with Crippen LogP contribution in [0.4, 0.5) is 19.6 Å². The van der Waals surface area contributed by atoms with Gasteiger partial charge in [0, 0.05) is 22.3 Å². The van der Waals surface area contributed by atoms with E-state index in [0.29, 0.717) is 98.8 Å². The summed E-state index contributed by atoms with van der Waals surface area (Å²) in [6, 6.07) is 29.3. The van der Waals surface area contributed by atoms with Gasteiger partial charge < -0.3 is 9.47 Å². The Bertz CT molecular complexity index is 3670. The summed E-state index contributed by atoms with van der Waals surface area (Å²) in [6.07, 6.45) is 8.21. The minimum atomic E-state index is -0.763. The summed E-state index contributed by atoms with van der Waals surface area (Å²) in [4.78, 5) is 66.7. The van der Waals surface area contributed by atoms with E-state index in [0.717, 1.165) is 11.1 Å². The number of carbonyl (C=O) groups excluding carboxylic acids is 4. The van der Waals surface area contributed by atoms with Crippen LogP contribution >= 0.6 is 34.0 Å². The normalized spacial score (nSPS) is 16.5. The van der Waals surface area contributed by atoms with Crippen molar-refractivity contribution in [1.29, 1.82) is 21.0 Å². The number of thiophene rings is 3. The molecule has 7 aromatic rings. The predicted molar refractivity (Wildman–Crippen MR) is 262 cm³/mol. The highest BCUT2D eigenvalue weighted by Crippen LogP contribution is 2.52. The van der Waals surface area contributed by atoms with E-state index in [-0.39, 0.29) is 46.9 Å². The fraction of sp³-hybridized carbons (Fsp3) is 0.115. The Labute approximate surface area is 402 Å². The van der Waals surface area contributed by atoms with Gasteiger partial charge in [-0.05, 0) is 60.1 Å². The molecule has 5 aromatic heterocycles. The van der Waals surface area contributed by atoms with Gasteiger partial charge in [-0.1, -0.05) is 85.0 Å². The molecule has 11 rings (SSSR count). The average Bonchev–Trinajstić information content (AvgIpc) is 4.25. The lowest BCUT2D eigenvalue weighted by Crippen LogP contribution is -2.16. The zero-order chi connectivity index (χ0) is 47.5. The topological polar surface area (TPSA) is 216 Å². The van der Waals surface area contributed by atoms with Crippen molar-refractivity contribution in [3.63, 3.8) is 0 Å². The largest absolute Gasteiger partial charge is 0.444 e. The van der Waals surface area contributed by atoms with Gasteiger partial charge in [-0.25, -0.2) is 28.7 Å². The molecular formula is C52H28N8O6S3. The van der Waals surface area contributed by atoms with Gasteiger partial charge in [0.15, 0.2) is 0 Å². The first-order chi connectivity index (χ1) is 33.7. The molecule has 2 fully saturated rings. The molecule has 4 aliphatic rings. The van der Waals surface area contributed by atoms with Gasteiger partial charge in [-0.15, -0.1) is 34.0 Å². The van der Waals surface area contributed by atoms with E-state index in [1.807, 2.05) is 97.1 Å². The zero-order valence-electron chi connectivity index (χ0n) is 35.7. The molecule has 0 amide bonds. The van der Waals surface area contributed by atoms with Crippen LogP contribution in [0.1, 0.15) is 36.8 Å². The molecule has 14 nitrogen and oxygen atoms in total. The minimum absolute atomic E-state index is 0.0496. The third kappa shape index (κ3) is 6.92. The number of Topliss-reactive ketones (excluding diaryl/α,β-unsaturated/α-hetero) is 2. The molecular weight excluding hydrogens is 929 g/mol. The van der Waals surface area contributed by atoms with Crippen molar-refractivity contribution in [2.24, 2.45) is 9.98 Å². The number of ketones is 2. The summed E-state index contributed by atoms with van der Waals surface area (Å²) < 4.78 is 17.1. The number of ether oxygens (including phenoxy) is 2. The standard InChI is InChI=1S/C52H28N8O6S3/c53-21-29(22-54)39-31-15-7-9-17-33(31)45(61)41(39)57-37-19-35-47(67-37)49-43(59(35)51(63)65-25-27-11-3-1-4-12-27)44-50(69-49)48-36(60(44)52(64)66-26-28-13-5-2-6-14-28)20-38(68-48)58-42-40(30(23-55)24-56)32-16-8-10-18-34(32)46(42)62/h1-6,11-20H,7-10,25-26H2. The van der Waals surface area contributed by atoms with Gasteiger partial charge >= 0.3 is 12.2 Å². The molecule has 2 saturated carbocycles. The van der Waals surface area contributed by atoms with Gasteiger partial charge in [0.1, 0.15) is 70.1 Å². The van der Waals surface area contributed by atoms with Crippen LogP contribution in [-0.4, -0.2) is 44.3 Å². The first kappa shape index (κ1) is 42.8. The van der Waals surface area contributed by atoms with Crippen LogP contribution < -0.4 is 0 Å². The summed E-state index contributed by atoms with van der Waals surface area (Å²) >= 11 is 3.67. The van der Waals surface area contributed by atoms with Crippen molar-refractivity contribution < 1.29 is 28.7 Å². The maximum atomic E-state index is 14.6. The molecule has 0 bridgehead atoms. The van der Waals surface area contributed by atoms with Crippen molar-refractivity contribution in [2.75, 3.05) is 0 Å². The van der Waals surface area contributed by atoms with E-state index in [9.17, 15) is 40.2 Å². The van der Waals surface area contributed by atoms with Crippen molar-refractivity contribution in [2.45, 2.75) is 38.9 Å². The molecule has 5 heterocycles. The van der Waals surface area contributed by atoms with Crippen LogP contribution in [0.15, 0.2) is 152 Å². The number of carbonyl (C=O) groups is 4. The number of fused-ring (bicyclic) bond motifs is 9. The lowest BCUT2D eigenvalue weighted by atomic mass is 9.96. The summed E-state index contributed by atoms with van der Waals surface area (Å²) in [5, 5.41) is 40.5. The Hall–Kier alpha value is -8.84. The summed E-state index contributed by atoms with van der Waals surface area (Å²) in [6.45, 7) is -0.154. The Balaban J connectivity index is 1.14. The number of allylic oxidation sites excluding steroid dienone is 12. The van der Waals surface area contributed by atoms with Crippen LogP contribution in [-0.2, 0) is 32.3 Å². The molecule has 0 unspecified atom stereocenters. The molecule has 0 aliphatic heterocycles. The van der Waals surface area contributed by atoms with E-state index >= 15 is 0 Å². The number of aromatic nitrogens is 2. The maximum Gasteiger partial charge on any atom is 0.419 e. The molecule has 0 radical (unpaired) electrons. The number of benzene rings is 2. The van der Waals surface area contributed by atoms with Crippen molar-refractivity contribution in [3.05, 3.63) is 153 Å². The monoisotopic (exact) mass is 956 g/mol. The van der Waals surface area contributed by atoms with E-state index in [1.165, 1.54) is 43.1 Å². The molecule has 330 valence electrons. The molecule has 2 aromatic carbocycles. The number of nitriles is 4. The van der Waals surface area contributed by atoms with E-state index in [1.54, 1.807) is 24.3 Å². The summed E-state index contributed by atoms with van der Waals surface area (Å²) in [5.41, 5.74) is 4.44. The average molecular weight is 957 g/mol. The third-order valence-corrected chi connectivity index (χ3v) is 15.5. The summed E-state index contributed by atoms with van der Waals surface area (Å²) in [5.74, 6) is -0.829. The molecule has 0 atom stereocenters. The predicted octanol–water partition coefficient (Wildman–Crippen LogP) is 11.7. The Morgan fingerprint density at radius 1 is 0.536 bits per heavy atom. The number of aliphatic imine (C=N–C) groups is 2. The molecule has 0 spiro atoms. The fourth-order valence-corrected chi connectivity index (χ4v) is 12.6. The Kier molecular flexibility index (Phi) is 10.6. The van der Waals surface area contributed by atoms with Gasteiger partial charge in [0.25, 0.3) is 0 Å². The van der Waals surface area contributed by atoms with Crippen molar-refractivity contribution in [3.8, 4) is 24.3 Å². The van der Waals surface area contributed by atoms with Crippen molar-refractivity contribution in [1.82, 2.24) is 9.13 Å². The quantitative estimate of drug-likeness (QED) is 0.144. The number of hydrogen-bond donors (Lipinski definition) is 0.